The highest BCUT2D eigenvalue weighted by atomic mass is 16.5. The summed E-state index contributed by atoms with van der Waals surface area (Å²) in [6.45, 7) is 5.20. The molecule has 1 saturated heterocycles. The summed E-state index contributed by atoms with van der Waals surface area (Å²) in [4.78, 5) is 17.7. The summed E-state index contributed by atoms with van der Waals surface area (Å²) in [5.74, 6) is -0.936. The van der Waals surface area contributed by atoms with Gasteiger partial charge in [0.15, 0.2) is 0 Å². The Balaban J connectivity index is 1.78. The van der Waals surface area contributed by atoms with E-state index in [1.165, 1.54) is 0 Å². The molecule has 106 valence electrons. The van der Waals surface area contributed by atoms with Gasteiger partial charge < -0.3 is 14.4 Å². The number of imidazole rings is 1. The number of carbonyl (C=O) groups is 1. The van der Waals surface area contributed by atoms with Crippen LogP contribution in [0.4, 0.5) is 0 Å². The number of nitrogens with zero attached hydrogens (tertiary/aromatic N) is 3. The summed E-state index contributed by atoms with van der Waals surface area (Å²) in [6.07, 6.45) is 1.72. The monoisotopic (exact) mass is 275 g/mol. The van der Waals surface area contributed by atoms with E-state index in [1.807, 2.05) is 10.6 Å². The Morgan fingerprint density at radius 2 is 2.10 bits per heavy atom. The Hall–Kier alpha value is -1.92. The van der Waals surface area contributed by atoms with Crippen molar-refractivity contribution in [3.8, 4) is 0 Å². The van der Waals surface area contributed by atoms with Crippen LogP contribution in [0.25, 0.3) is 11.0 Å². The van der Waals surface area contributed by atoms with Crippen LogP contribution in [0.5, 0.6) is 0 Å². The highest BCUT2D eigenvalue weighted by molar-refractivity contribution is 6.00. The van der Waals surface area contributed by atoms with Gasteiger partial charge in [0, 0.05) is 26.2 Å². The number of para-hydroxylation sites is 1. The van der Waals surface area contributed by atoms with Crippen LogP contribution in [0.15, 0.2) is 24.5 Å². The van der Waals surface area contributed by atoms with E-state index in [1.54, 1.807) is 18.5 Å². The van der Waals surface area contributed by atoms with E-state index < -0.39 is 5.97 Å². The molecule has 0 spiro atoms. The summed E-state index contributed by atoms with van der Waals surface area (Å²) < 4.78 is 7.33. The summed E-state index contributed by atoms with van der Waals surface area (Å²) in [5, 5.41) is 9.15. The van der Waals surface area contributed by atoms with Crippen molar-refractivity contribution in [3.63, 3.8) is 0 Å². The molecule has 0 radical (unpaired) electrons. The molecule has 0 aliphatic carbocycles. The first-order valence-electron chi connectivity index (χ1n) is 6.73. The van der Waals surface area contributed by atoms with E-state index in [0.717, 1.165) is 44.9 Å². The number of hydrogen-bond acceptors (Lipinski definition) is 4. The molecule has 0 unspecified atom stereocenters. The maximum Gasteiger partial charge on any atom is 0.337 e. The molecule has 0 bridgehead atoms. The van der Waals surface area contributed by atoms with E-state index in [4.69, 9.17) is 9.84 Å². The zero-order valence-electron chi connectivity index (χ0n) is 11.2. The molecule has 1 aromatic heterocycles. The third-order valence-electron chi connectivity index (χ3n) is 3.64. The molecule has 0 saturated carbocycles. The van der Waals surface area contributed by atoms with Gasteiger partial charge in [-0.25, -0.2) is 9.78 Å². The zero-order chi connectivity index (χ0) is 13.9. The van der Waals surface area contributed by atoms with Crippen LogP contribution in [0.3, 0.4) is 0 Å². The predicted molar refractivity (Wildman–Crippen MR) is 74.0 cm³/mol. The third kappa shape index (κ3) is 2.52. The van der Waals surface area contributed by atoms with Gasteiger partial charge in [-0.3, -0.25) is 4.90 Å². The van der Waals surface area contributed by atoms with Gasteiger partial charge in [0.1, 0.15) is 5.52 Å². The highest BCUT2D eigenvalue weighted by Gasteiger charge is 2.14. The minimum atomic E-state index is -0.936. The Labute approximate surface area is 116 Å². The summed E-state index contributed by atoms with van der Waals surface area (Å²) in [5.41, 5.74) is 1.69. The van der Waals surface area contributed by atoms with Crippen LogP contribution in [0.1, 0.15) is 10.4 Å². The molecule has 1 aromatic carbocycles. The maximum absolute atomic E-state index is 11.2. The van der Waals surface area contributed by atoms with Gasteiger partial charge in [-0.05, 0) is 12.1 Å². The number of aromatic nitrogens is 2. The molecule has 1 fully saturated rings. The largest absolute Gasteiger partial charge is 0.478 e. The lowest BCUT2D eigenvalue weighted by molar-refractivity contribution is 0.0365. The smallest absolute Gasteiger partial charge is 0.337 e. The van der Waals surface area contributed by atoms with Crippen molar-refractivity contribution in [2.45, 2.75) is 6.54 Å². The second-order valence-electron chi connectivity index (χ2n) is 4.87. The fourth-order valence-corrected chi connectivity index (χ4v) is 2.51. The summed E-state index contributed by atoms with van der Waals surface area (Å²) in [6, 6.07) is 5.26. The highest BCUT2D eigenvalue weighted by Crippen LogP contribution is 2.17. The Kier molecular flexibility index (Phi) is 3.66. The van der Waals surface area contributed by atoms with Gasteiger partial charge in [0.2, 0.25) is 0 Å². The molecule has 2 heterocycles. The van der Waals surface area contributed by atoms with E-state index >= 15 is 0 Å². The molecular weight excluding hydrogens is 258 g/mol. The van der Waals surface area contributed by atoms with Crippen LogP contribution in [0, 0.1) is 0 Å². The number of carboxylic acids is 1. The van der Waals surface area contributed by atoms with Crippen molar-refractivity contribution in [1.29, 1.82) is 0 Å². The van der Waals surface area contributed by atoms with Crippen molar-refractivity contribution in [2.75, 3.05) is 32.8 Å². The first-order chi connectivity index (χ1) is 9.75. The van der Waals surface area contributed by atoms with Gasteiger partial charge >= 0.3 is 5.97 Å². The van der Waals surface area contributed by atoms with E-state index in [9.17, 15) is 4.79 Å². The Morgan fingerprint density at radius 1 is 1.30 bits per heavy atom. The maximum atomic E-state index is 11.2. The molecule has 0 amide bonds. The Bertz CT molecular complexity index is 617. The molecule has 20 heavy (non-hydrogen) atoms. The molecule has 6 nitrogen and oxygen atoms in total. The normalized spacial score (nSPS) is 16.6. The van der Waals surface area contributed by atoms with Crippen LogP contribution in [-0.4, -0.2) is 58.4 Å². The lowest BCUT2D eigenvalue weighted by Crippen LogP contribution is -2.38. The SMILES string of the molecule is O=C(O)c1cccc2c1ncn2CCN1CCOCC1. The average Bonchev–Trinajstić information content (AvgIpc) is 2.89. The molecule has 0 atom stereocenters. The van der Waals surface area contributed by atoms with Crippen LogP contribution in [-0.2, 0) is 11.3 Å². The number of hydrogen-bond donors (Lipinski definition) is 1. The quantitative estimate of drug-likeness (QED) is 0.904. The lowest BCUT2D eigenvalue weighted by atomic mass is 10.2. The standard InChI is InChI=1S/C14H17N3O3/c18-14(19)11-2-1-3-12-13(11)15-10-17(12)5-4-16-6-8-20-9-7-16/h1-3,10H,4-9H2,(H,18,19). The van der Waals surface area contributed by atoms with Crippen molar-refractivity contribution in [1.82, 2.24) is 14.5 Å². The first-order valence-corrected chi connectivity index (χ1v) is 6.73. The predicted octanol–water partition coefficient (Wildman–Crippen LogP) is 1.07. The summed E-state index contributed by atoms with van der Waals surface area (Å²) >= 11 is 0. The third-order valence-corrected chi connectivity index (χ3v) is 3.64. The summed E-state index contributed by atoms with van der Waals surface area (Å²) in [7, 11) is 0. The first kappa shape index (κ1) is 13.1. The van der Waals surface area contributed by atoms with Crippen molar-refractivity contribution < 1.29 is 14.6 Å². The topological polar surface area (TPSA) is 67.6 Å². The zero-order valence-corrected chi connectivity index (χ0v) is 11.2. The molecule has 1 aliphatic heterocycles. The molecule has 2 aromatic rings. The fourth-order valence-electron chi connectivity index (χ4n) is 2.51. The molecule has 1 aliphatic rings. The van der Waals surface area contributed by atoms with Crippen molar-refractivity contribution in [3.05, 3.63) is 30.1 Å². The van der Waals surface area contributed by atoms with E-state index in [2.05, 4.69) is 9.88 Å². The van der Waals surface area contributed by atoms with Gasteiger partial charge in [0.25, 0.3) is 0 Å². The van der Waals surface area contributed by atoms with Crippen molar-refractivity contribution >= 4 is 17.0 Å². The number of aromatic carboxylic acids is 1. The molecule has 1 N–H and O–H groups in total. The van der Waals surface area contributed by atoms with Gasteiger partial charge in [0.05, 0.1) is 30.6 Å². The van der Waals surface area contributed by atoms with Gasteiger partial charge in [-0.2, -0.15) is 0 Å². The Morgan fingerprint density at radius 3 is 2.85 bits per heavy atom. The average molecular weight is 275 g/mol. The molecule has 6 heteroatoms. The minimum absolute atomic E-state index is 0.257. The number of fused-ring (bicyclic) bond motifs is 1. The van der Waals surface area contributed by atoms with E-state index in [-0.39, 0.29) is 5.56 Å². The molecule has 3 rings (SSSR count). The van der Waals surface area contributed by atoms with Crippen molar-refractivity contribution in [2.24, 2.45) is 0 Å². The number of ether oxygens (including phenoxy) is 1. The van der Waals surface area contributed by atoms with Crippen LogP contribution >= 0.6 is 0 Å². The van der Waals surface area contributed by atoms with Gasteiger partial charge in [-0.1, -0.05) is 6.07 Å². The number of carboxylic acid groups (broad SMARTS) is 1. The van der Waals surface area contributed by atoms with Crippen LogP contribution in [0.2, 0.25) is 0 Å². The number of morpholine rings is 1. The minimum Gasteiger partial charge on any atom is -0.478 e. The second kappa shape index (κ2) is 5.60. The number of rotatable bonds is 4. The van der Waals surface area contributed by atoms with Crippen LogP contribution < -0.4 is 0 Å². The fraction of sp³-hybridized carbons (Fsp3) is 0.429. The second-order valence-corrected chi connectivity index (χ2v) is 4.87. The van der Waals surface area contributed by atoms with E-state index in [0.29, 0.717) is 5.52 Å². The lowest BCUT2D eigenvalue weighted by Gasteiger charge is -2.26. The number of benzene rings is 1. The molecular formula is C14H17N3O3. The van der Waals surface area contributed by atoms with Gasteiger partial charge in [-0.15, -0.1) is 0 Å².